The van der Waals surface area contributed by atoms with Gasteiger partial charge >= 0.3 is 0 Å². The van der Waals surface area contributed by atoms with Gasteiger partial charge in [-0.3, -0.25) is 9.59 Å². The Labute approximate surface area is 141 Å². The number of H-pyrrole nitrogens is 1. The van der Waals surface area contributed by atoms with Crippen molar-refractivity contribution in [3.8, 4) is 0 Å². The molecule has 1 aromatic carbocycles. The third-order valence-corrected chi connectivity index (χ3v) is 4.62. The summed E-state index contributed by atoms with van der Waals surface area (Å²) in [5.41, 5.74) is 1.37. The van der Waals surface area contributed by atoms with Crippen LogP contribution in [0.5, 0.6) is 0 Å². The summed E-state index contributed by atoms with van der Waals surface area (Å²) in [7, 11) is 1.67. The van der Waals surface area contributed by atoms with Crippen LogP contribution in [0.2, 0.25) is 0 Å². The second-order valence-electron chi connectivity index (χ2n) is 5.52. The van der Waals surface area contributed by atoms with E-state index in [1.165, 1.54) is 28.4 Å². The predicted molar refractivity (Wildman–Crippen MR) is 91.4 cm³/mol. The second-order valence-corrected chi connectivity index (χ2v) is 6.44. The highest BCUT2D eigenvalue weighted by Crippen LogP contribution is 2.14. The highest BCUT2D eigenvalue weighted by molar-refractivity contribution is 7.17. The zero-order valence-electron chi connectivity index (χ0n) is 13.1. The fourth-order valence-electron chi connectivity index (χ4n) is 2.40. The van der Waals surface area contributed by atoms with Crippen molar-refractivity contribution in [1.29, 1.82) is 0 Å². The summed E-state index contributed by atoms with van der Waals surface area (Å²) in [5.74, 6) is 0.108. The Morgan fingerprint density at radius 1 is 1.29 bits per heavy atom. The zero-order chi connectivity index (χ0) is 17.1. The van der Waals surface area contributed by atoms with Gasteiger partial charge in [0.1, 0.15) is 16.3 Å². The zero-order valence-corrected chi connectivity index (χ0v) is 13.9. The molecule has 0 fully saturated rings. The molecule has 5 nitrogen and oxygen atoms in total. The van der Waals surface area contributed by atoms with Crippen LogP contribution in [0.1, 0.15) is 17.8 Å². The average Bonchev–Trinajstić information content (AvgIpc) is 3.03. The molecule has 0 aliphatic heterocycles. The molecule has 0 saturated carbocycles. The fourth-order valence-corrected chi connectivity index (χ4v) is 3.13. The van der Waals surface area contributed by atoms with Gasteiger partial charge in [-0.1, -0.05) is 12.1 Å². The van der Waals surface area contributed by atoms with Crippen LogP contribution in [0.25, 0.3) is 10.2 Å². The van der Waals surface area contributed by atoms with Gasteiger partial charge in [-0.15, -0.1) is 11.3 Å². The Bertz CT molecular complexity index is 917. The van der Waals surface area contributed by atoms with Gasteiger partial charge in [0.15, 0.2) is 0 Å². The van der Waals surface area contributed by atoms with E-state index in [0.29, 0.717) is 28.9 Å². The summed E-state index contributed by atoms with van der Waals surface area (Å²) in [4.78, 5) is 32.8. The van der Waals surface area contributed by atoms with E-state index in [2.05, 4.69) is 9.97 Å². The molecule has 124 valence electrons. The summed E-state index contributed by atoms with van der Waals surface area (Å²) in [6.45, 7) is 0.239. The lowest BCUT2D eigenvalue weighted by Gasteiger charge is -2.16. The van der Waals surface area contributed by atoms with Crippen molar-refractivity contribution in [3.63, 3.8) is 0 Å². The van der Waals surface area contributed by atoms with Crippen LogP contribution in [0.3, 0.4) is 0 Å². The lowest BCUT2D eigenvalue weighted by atomic mass is 10.1. The van der Waals surface area contributed by atoms with Crippen LogP contribution in [-0.2, 0) is 17.8 Å². The predicted octanol–water partition coefficient (Wildman–Crippen LogP) is 2.71. The summed E-state index contributed by atoms with van der Waals surface area (Å²) in [6, 6.07) is 7.90. The Morgan fingerprint density at radius 3 is 2.79 bits per heavy atom. The van der Waals surface area contributed by atoms with E-state index < -0.39 is 0 Å². The van der Waals surface area contributed by atoms with Crippen LogP contribution < -0.4 is 5.56 Å². The maximum absolute atomic E-state index is 12.9. The summed E-state index contributed by atoms with van der Waals surface area (Å²) >= 11 is 1.34. The number of aromatic nitrogens is 2. The molecular weight excluding hydrogens is 329 g/mol. The molecule has 0 spiro atoms. The van der Waals surface area contributed by atoms with E-state index >= 15 is 0 Å². The van der Waals surface area contributed by atoms with E-state index in [9.17, 15) is 14.0 Å². The van der Waals surface area contributed by atoms with E-state index in [1.807, 2.05) is 5.38 Å². The van der Waals surface area contributed by atoms with Gasteiger partial charge in [-0.05, 0) is 35.6 Å². The monoisotopic (exact) mass is 345 g/mol. The van der Waals surface area contributed by atoms with Gasteiger partial charge in [-0.2, -0.15) is 0 Å². The molecule has 1 N–H and O–H groups in total. The number of benzene rings is 1. The minimum absolute atomic E-state index is 0.0626. The molecule has 0 unspecified atom stereocenters. The number of nitrogens with zero attached hydrogens (tertiary/aromatic N) is 2. The quantitative estimate of drug-likeness (QED) is 0.773. The van der Waals surface area contributed by atoms with Gasteiger partial charge in [0.2, 0.25) is 5.91 Å². The Hall–Kier alpha value is -2.54. The van der Waals surface area contributed by atoms with Gasteiger partial charge < -0.3 is 9.88 Å². The highest BCUT2D eigenvalue weighted by Gasteiger charge is 2.12. The SMILES string of the molecule is CN(Cc1nc2ccsc2c(=O)[nH]1)C(=O)CCc1ccc(F)cc1. The van der Waals surface area contributed by atoms with Crippen molar-refractivity contribution in [3.05, 3.63) is 63.3 Å². The van der Waals surface area contributed by atoms with Crippen LogP contribution >= 0.6 is 11.3 Å². The van der Waals surface area contributed by atoms with E-state index in [4.69, 9.17) is 0 Å². The minimum Gasteiger partial charge on any atom is -0.338 e. The van der Waals surface area contributed by atoms with Crippen molar-refractivity contribution in [1.82, 2.24) is 14.9 Å². The lowest BCUT2D eigenvalue weighted by molar-refractivity contribution is -0.130. The maximum Gasteiger partial charge on any atom is 0.268 e. The van der Waals surface area contributed by atoms with Crippen molar-refractivity contribution in [2.24, 2.45) is 0 Å². The number of halogens is 1. The number of nitrogens with one attached hydrogen (secondary N) is 1. The standard InChI is InChI=1S/C17H16FN3O2S/c1-21(15(22)7-4-11-2-5-12(18)6-3-11)10-14-19-13-8-9-24-16(13)17(23)20-14/h2-3,5-6,8-9H,4,7,10H2,1H3,(H,19,20,23). The molecule has 2 aromatic heterocycles. The number of fused-ring (bicyclic) bond motifs is 1. The molecular formula is C17H16FN3O2S. The number of carbonyl (C=O) groups excluding carboxylic acids is 1. The molecule has 0 aliphatic carbocycles. The molecule has 0 aliphatic rings. The molecule has 0 saturated heterocycles. The number of amides is 1. The Kier molecular flexibility index (Phi) is 4.71. The average molecular weight is 345 g/mol. The lowest BCUT2D eigenvalue weighted by Crippen LogP contribution is -2.28. The third-order valence-electron chi connectivity index (χ3n) is 3.72. The number of hydrogen-bond donors (Lipinski definition) is 1. The number of rotatable bonds is 5. The molecule has 3 rings (SSSR count). The highest BCUT2D eigenvalue weighted by atomic mass is 32.1. The first-order valence-corrected chi connectivity index (χ1v) is 8.36. The van der Waals surface area contributed by atoms with E-state index in [1.54, 1.807) is 25.2 Å². The molecule has 0 radical (unpaired) electrons. The topological polar surface area (TPSA) is 66.1 Å². The summed E-state index contributed by atoms with van der Waals surface area (Å²) in [6.07, 6.45) is 0.851. The van der Waals surface area contributed by atoms with Gasteiger partial charge in [0.25, 0.3) is 5.56 Å². The van der Waals surface area contributed by atoms with E-state index in [-0.39, 0.29) is 23.8 Å². The van der Waals surface area contributed by atoms with Crippen molar-refractivity contribution >= 4 is 27.5 Å². The largest absolute Gasteiger partial charge is 0.338 e. The van der Waals surface area contributed by atoms with Gasteiger partial charge in [0.05, 0.1) is 12.1 Å². The maximum atomic E-state index is 12.9. The first kappa shape index (κ1) is 16.3. The van der Waals surface area contributed by atoms with Crippen molar-refractivity contribution in [2.75, 3.05) is 7.05 Å². The fraction of sp³-hybridized carbons (Fsp3) is 0.235. The number of aryl methyl sites for hydroxylation is 1. The molecule has 2 heterocycles. The number of aromatic amines is 1. The smallest absolute Gasteiger partial charge is 0.268 e. The number of carbonyl (C=O) groups is 1. The molecule has 24 heavy (non-hydrogen) atoms. The van der Waals surface area contributed by atoms with Crippen LogP contribution in [0.4, 0.5) is 4.39 Å². The molecule has 7 heteroatoms. The molecule has 1 amide bonds. The number of hydrogen-bond acceptors (Lipinski definition) is 4. The normalized spacial score (nSPS) is 10.9. The third kappa shape index (κ3) is 3.68. The Balaban J connectivity index is 1.62. The van der Waals surface area contributed by atoms with Crippen molar-refractivity contribution in [2.45, 2.75) is 19.4 Å². The van der Waals surface area contributed by atoms with Crippen LogP contribution in [0, 0.1) is 5.82 Å². The second kappa shape index (κ2) is 6.92. The molecule has 0 atom stereocenters. The van der Waals surface area contributed by atoms with Gasteiger partial charge in [0, 0.05) is 13.5 Å². The molecule has 3 aromatic rings. The first-order chi connectivity index (χ1) is 11.5. The Morgan fingerprint density at radius 2 is 2.04 bits per heavy atom. The number of thiophene rings is 1. The van der Waals surface area contributed by atoms with Crippen LogP contribution in [-0.4, -0.2) is 27.8 Å². The molecule has 0 bridgehead atoms. The summed E-state index contributed by atoms with van der Waals surface area (Å²) < 4.78 is 13.5. The van der Waals surface area contributed by atoms with Crippen LogP contribution in [0.15, 0.2) is 40.5 Å². The van der Waals surface area contributed by atoms with Crippen molar-refractivity contribution < 1.29 is 9.18 Å². The first-order valence-electron chi connectivity index (χ1n) is 7.48. The minimum atomic E-state index is -0.291. The van der Waals surface area contributed by atoms with E-state index in [0.717, 1.165) is 5.56 Å². The van der Waals surface area contributed by atoms with Gasteiger partial charge in [-0.25, -0.2) is 9.37 Å². The summed E-state index contributed by atoms with van der Waals surface area (Å²) in [5, 5.41) is 1.81.